The second-order valence-corrected chi connectivity index (χ2v) is 8.45. The van der Waals surface area contributed by atoms with E-state index in [1.165, 1.54) is 6.92 Å². The molecule has 3 aliphatic rings. The van der Waals surface area contributed by atoms with Crippen molar-refractivity contribution in [2.75, 3.05) is 58.9 Å². The molecule has 3 aliphatic heterocycles. The molecule has 0 radical (unpaired) electrons. The number of nitrogens with zero attached hydrogens (tertiary/aromatic N) is 4. The van der Waals surface area contributed by atoms with Crippen LogP contribution in [0.4, 0.5) is 4.79 Å². The van der Waals surface area contributed by atoms with E-state index in [4.69, 9.17) is 4.74 Å². The van der Waals surface area contributed by atoms with Gasteiger partial charge in [0.2, 0.25) is 0 Å². The van der Waals surface area contributed by atoms with Crippen LogP contribution in [-0.4, -0.2) is 113 Å². The Balaban J connectivity index is 1.44. The predicted molar refractivity (Wildman–Crippen MR) is 101 cm³/mol. The van der Waals surface area contributed by atoms with Gasteiger partial charge in [0.1, 0.15) is 11.7 Å². The maximum Gasteiger partial charge on any atom is 0.410 e. The van der Waals surface area contributed by atoms with Gasteiger partial charge in [0.05, 0.1) is 6.54 Å². The zero-order valence-corrected chi connectivity index (χ0v) is 16.9. The second kappa shape index (κ2) is 8.32. The molecule has 3 saturated heterocycles. The van der Waals surface area contributed by atoms with Crippen LogP contribution in [-0.2, 0) is 9.53 Å². The van der Waals surface area contributed by atoms with Crippen LogP contribution in [0.1, 0.15) is 33.6 Å². The normalized spacial score (nSPS) is 25.3. The standard InChI is InChI=1S/C19H34N4O4/c1-15(2)21-11-8-20(9-12-21)10-13-23-14-19(27-18(23)26)4-6-22(7-5-19)17(25)16(3)24/h15-16,24H,4-14H2,1-3H3/t16-/m1/s1. The molecule has 8 nitrogen and oxygen atoms in total. The Labute approximate surface area is 162 Å². The second-order valence-electron chi connectivity index (χ2n) is 8.45. The molecular formula is C19H34N4O4. The molecule has 0 aromatic carbocycles. The molecule has 27 heavy (non-hydrogen) atoms. The number of aliphatic hydroxyl groups excluding tert-OH is 1. The maximum atomic E-state index is 12.3. The minimum atomic E-state index is -0.974. The Bertz CT molecular complexity index is 538. The van der Waals surface area contributed by atoms with Gasteiger partial charge in [-0.25, -0.2) is 4.79 Å². The van der Waals surface area contributed by atoms with Gasteiger partial charge >= 0.3 is 6.09 Å². The summed E-state index contributed by atoms with van der Waals surface area (Å²) in [5, 5.41) is 9.46. The third-order valence-corrected chi connectivity index (χ3v) is 6.21. The fourth-order valence-electron chi connectivity index (χ4n) is 4.29. The minimum Gasteiger partial charge on any atom is -0.441 e. The van der Waals surface area contributed by atoms with Crippen LogP contribution < -0.4 is 0 Å². The molecule has 0 saturated carbocycles. The molecule has 0 aliphatic carbocycles. The molecule has 0 unspecified atom stereocenters. The summed E-state index contributed by atoms with van der Waals surface area (Å²) in [5.41, 5.74) is -0.469. The first-order valence-corrected chi connectivity index (χ1v) is 10.2. The third kappa shape index (κ3) is 4.73. The highest BCUT2D eigenvalue weighted by molar-refractivity contribution is 5.80. The smallest absolute Gasteiger partial charge is 0.410 e. The maximum absolute atomic E-state index is 12.3. The number of aliphatic hydroxyl groups is 1. The van der Waals surface area contributed by atoms with Crippen LogP contribution in [0.15, 0.2) is 0 Å². The van der Waals surface area contributed by atoms with Gasteiger partial charge in [0, 0.05) is 71.2 Å². The van der Waals surface area contributed by atoms with Gasteiger partial charge in [0.25, 0.3) is 5.91 Å². The molecule has 1 N–H and O–H groups in total. The fourth-order valence-corrected chi connectivity index (χ4v) is 4.29. The number of ether oxygens (including phenoxy) is 1. The van der Waals surface area contributed by atoms with E-state index >= 15 is 0 Å². The van der Waals surface area contributed by atoms with Crippen LogP contribution in [0.5, 0.6) is 0 Å². The Morgan fingerprint density at radius 1 is 1.07 bits per heavy atom. The van der Waals surface area contributed by atoms with E-state index in [9.17, 15) is 14.7 Å². The number of likely N-dealkylation sites (tertiary alicyclic amines) is 1. The molecule has 8 heteroatoms. The molecule has 0 aromatic heterocycles. The van der Waals surface area contributed by atoms with Crippen molar-refractivity contribution in [1.82, 2.24) is 19.6 Å². The Kier molecular flexibility index (Phi) is 6.28. The highest BCUT2D eigenvalue weighted by atomic mass is 16.6. The Hall–Kier alpha value is -1.38. The number of amides is 2. The summed E-state index contributed by atoms with van der Waals surface area (Å²) in [4.78, 5) is 32.7. The number of rotatable bonds is 5. The first-order valence-electron chi connectivity index (χ1n) is 10.2. The molecule has 3 fully saturated rings. The van der Waals surface area contributed by atoms with Crippen molar-refractivity contribution >= 4 is 12.0 Å². The van der Waals surface area contributed by atoms with Crippen molar-refractivity contribution in [3.63, 3.8) is 0 Å². The molecule has 0 bridgehead atoms. The Morgan fingerprint density at radius 2 is 1.70 bits per heavy atom. The molecule has 3 rings (SSSR count). The largest absolute Gasteiger partial charge is 0.441 e. The van der Waals surface area contributed by atoms with E-state index in [1.807, 2.05) is 4.90 Å². The van der Waals surface area contributed by atoms with Gasteiger partial charge in [-0.3, -0.25) is 14.6 Å². The molecular weight excluding hydrogens is 348 g/mol. The highest BCUT2D eigenvalue weighted by Gasteiger charge is 2.47. The topological polar surface area (TPSA) is 76.6 Å². The summed E-state index contributed by atoms with van der Waals surface area (Å²) in [6.45, 7) is 13.4. The summed E-state index contributed by atoms with van der Waals surface area (Å²) in [6, 6.07) is 0.590. The van der Waals surface area contributed by atoms with Gasteiger partial charge < -0.3 is 19.6 Å². The van der Waals surface area contributed by atoms with Gasteiger partial charge in [-0.1, -0.05) is 0 Å². The highest BCUT2D eigenvalue weighted by Crippen LogP contribution is 2.33. The van der Waals surface area contributed by atoms with E-state index in [-0.39, 0.29) is 12.0 Å². The summed E-state index contributed by atoms with van der Waals surface area (Å²) < 4.78 is 5.74. The van der Waals surface area contributed by atoms with Crippen molar-refractivity contribution in [3.05, 3.63) is 0 Å². The lowest BCUT2D eigenvalue weighted by molar-refractivity contribution is -0.142. The van der Waals surface area contributed by atoms with E-state index in [0.29, 0.717) is 45.1 Å². The van der Waals surface area contributed by atoms with Crippen LogP contribution in [0, 0.1) is 0 Å². The summed E-state index contributed by atoms with van der Waals surface area (Å²) in [7, 11) is 0. The summed E-state index contributed by atoms with van der Waals surface area (Å²) >= 11 is 0. The van der Waals surface area contributed by atoms with Crippen LogP contribution in [0.25, 0.3) is 0 Å². The van der Waals surface area contributed by atoms with Crippen molar-refractivity contribution in [3.8, 4) is 0 Å². The third-order valence-electron chi connectivity index (χ3n) is 6.21. The van der Waals surface area contributed by atoms with E-state index in [2.05, 4.69) is 23.6 Å². The average Bonchev–Trinajstić information content (AvgIpc) is 2.95. The van der Waals surface area contributed by atoms with Crippen LogP contribution in [0.3, 0.4) is 0 Å². The quantitative estimate of drug-likeness (QED) is 0.732. The van der Waals surface area contributed by atoms with E-state index in [1.54, 1.807) is 4.90 Å². The van der Waals surface area contributed by atoms with Gasteiger partial charge in [-0.05, 0) is 20.8 Å². The van der Waals surface area contributed by atoms with E-state index < -0.39 is 11.7 Å². The van der Waals surface area contributed by atoms with Crippen LogP contribution >= 0.6 is 0 Å². The fraction of sp³-hybridized carbons (Fsp3) is 0.895. The van der Waals surface area contributed by atoms with E-state index in [0.717, 1.165) is 32.7 Å². The molecule has 1 spiro atoms. The number of hydrogen-bond acceptors (Lipinski definition) is 6. The average molecular weight is 383 g/mol. The molecule has 2 amide bonds. The lowest BCUT2D eigenvalue weighted by atomic mass is 9.91. The molecule has 154 valence electrons. The molecule has 1 atom stereocenters. The zero-order chi connectivity index (χ0) is 19.6. The molecule has 3 heterocycles. The van der Waals surface area contributed by atoms with Crippen molar-refractivity contribution in [2.24, 2.45) is 0 Å². The number of carbonyl (C=O) groups is 2. The first-order chi connectivity index (χ1) is 12.8. The number of hydrogen-bond donors (Lipinski definition) is 1. The lowest BCUT2D eigenvalue weighted by Gasteiger charge is -2.38. The molecule has 0 aromatic rings. The van der Waals surface area contributed by atoms with Gasteiger partial charge in [-0.15, -0.1) is 0 Å². The van der Waals surface area contributed by atoms with Gasteiger partial charge in [-0.2, -0.15) is 0 Å². The van der Waals surface area contributed by atoms with Gasteiger partial charge in [0.15, 0.2) is 0 Å². The zero-order valence-electron chi connectivity index (χ0n) is 16.9. The lowest BCUT2D eigenvalue weighted by Crippen LogP contribution is -2.51. The Morgan fingerprint density at radius 3 is 2.26 bits per heavy atom. The number of piperidine rings is 1. The summed E-state index contributed by atoms with van der Waals surface area (Å²) in [6.07, 6.45) is 0.0746. The van der Waals surface area contributed by atoms with Crippen molar-refractivity contribution in [2.45, 2.75) is 51.4 Å². The predicted octanol–water partition coefficient (Wildman–Crippen LogP) is 0.207. The van der Waals surface area contributed by atoms with Crippen molar-refractivity contribution < 1.29 is 19.4 Å². The first kappa shape index (κ1) is 20.4. The number of carbonyl (C=O) groups excluding carboxylic acids is 2. The monoisotopic (exact) mass is 382 g/mol. The SMILES string of the molecule is CC(C)N1CCN(CCN2CC3(CCN(C(=O)[C@@H](C)O)CC3)OC2=O)CC1. The van der Waals surface area contributed by atoms with Crippen LogP contribution in [0.2, 0.25) is 0 Å². The van der Waals surface area contributed by atoms with Crippen molar-refractivity contribution in [1.29, 1.82) is 0 Å². The summed E-state index contributed by atoms with van der Waals surface area (Å²) in [5.74, 6) is -0.244. The number of piperazine rings is 1. The minimum absolute atomic E-state index is 0.230.